The van der Waals surface area contributed by atoms with Gasteiger partial charge in [-0.2, -0.15) is 0 Å². The Labute approximate surface area is 159 Å². The van der Waals surface area contributed by atoms with E-state index in [2.05, 4.69) is 44.8 Å². The van der Waals surface area contributed by atoms with Crippen LogP contribution in [0.4, 0.5) is 10.1 Å². The summed E-state index contributed by atoms with van der Waals surface area (Å²) in [5.41, 5.74) is 1.77. The number of guanidine groups is 1. The summed E-state index contributed by atoms with van der Waals surface area (Å²) in [4.78, 5) is 18.8. The van der Waals surface area contributed by atoms with E-state index in [1.54, 1.807) is 12.1 Å². The lowest BCUT2D eigenvalue weighted by atomic mass is 9.99. The predicted octanol–water partition coefficient (Wildman–Crippen LogP) is 3.22. The molecule has 1 unspecified atom stereocenters. The highest BCUT2D eigenvalue weighted by atomic mass is 19.1. The molecule has 0 saturated carbocycles. The molecule has 3 rings (SSSR count). The number of nitrogens with zero attached hydrogens (tertiary/aromatic N) is 2. The highest BCUT2D eigenvalue weighted by molar-refractivity contribution is 5.94. The molecule has 0 spiro atoms. The maximum Gasteiger partial charge on any atom is 0.246 e. The van der Waals surface area contributed by atoms with Gasteiger partial charge in [-0.15, -0.1) is 0 Å². The number of hydrogen-bond donors (Lipinski definition) is 2. The summed E-state index contributed by atoms with van der Waals surface area (Å²) in [6, 6.07) is 16.3. The second-order valence-corrected chi connectivity index (χ2v) is 6.57. The summed E-state index contributed by atoms with van der Waals surface area (Å²) in [6.45, 7) is 4.51. The van der Waals surface area contributed by atoms with E-state index in [9.17, 15) is 9.18 Å². The van der Waals surface area contributed by atoms with Crippen molar-refractivity contribution in [2.45, 2.75) is 19.3 Å². The van der Waals surface area contributed by atoms with E-state index in [0.29, 0.717) is 11.6 Å². The van der Waals surface area contributed by atoms with Gasteiger partial charge in [0.2, 0.25) is 5.91 Å². The molecule has 1 aliphatic rings. The molecule has 0 aromatic heterocycles. The predicted molar refractivity (Wildman–Crippen MR) is 106 cm³/mol. The second-order valence-electron chi connectivity index (χ2n) is 6.57. The van der Waals surface area contributed by atoms with Crippen molar-refractivity contribution < 1.29 is 9.18 Å². The Hall–Kier alpha value is -2.89. The van der Waals surface area contributed by atoms with Crippen LogP contribution in [0.1, 0.15) is 24.8 Å². The number of benzene rings is 2. The van der Waals surface area contributed by atoms with Crippen LogP contribution in [0.15, 0.2) is 59.6 Å². The number of nitrogens with one attached hydrogen (secondary N) is 2. The zero-order valence-corrected chi connectivity index (χ0v) is 15.5. The van der Waals surface area contributed by atoms with Crippen LogP contribution in [-0.4, -0.2) is 42.9 Å². The van der Waals surface area contributed by atoms with Gasteiger partial charge in [-0.05, 0) is 37.1 Å². The largest absolute Gasteiger partial charge is 0.357 e. The Morgan fingerprint density at radius 2 is 2.04 bits per heavy atom. The first-order valence-electron chi connectivity index (χ1n) is 9.29. The summed E-state index contributed by atoms with van der Waals surface area (Å²) >= 11 is 0. The second kappa shape index (κ2) is 9.16. The fourth-order valence-electron chi connectivity index (χ4n) is 3.29. The van der Waals surface area contributed by atoms with Gasteiger partial charge in [-0.25, -0.2) is 9.38 Å². The Morgan fingerprint density at radius 1 is 1.22 bits per heavy atom. The third kappa shape index (κ3) is 5.29. The number of carbonyl (C=O) groups excluding carboxylic acids is 1. The van der Waals surface area contributed by atoms with Crippen LogP contribution in [0, 0.1) is 5.82 Å². The van der Waals surface area contributed by atoms with Gasteiger partial charge in [0, 0.05) is 31.2 Å². The Morgan fingerprint density at radius 3 is 2.78 bits per heavy atom. The standard InChI is InChI=1S/C21H25FN4O/c1-2-23-21(24-14-20(27)25-19-10-6-9-18(22)13-19)26-12-11-17(15-26)16-7-4-3-5-8-16/h3-10,13,17H,2,11-12,14-15H2,1H3,(H,23,24)(H,25,27). The van der Waals surface area contributed by atoms with Crippen molar-refractivity contribution in [3.63, 3.8) is 0 Å². The van der Waals surface area contributed by atoms with Gasteiger partial charge in [0.05, 0.1) is 0 Å². The van der Waals surface area contributed by atoms with Crippen LogP contribution in [0.25, 0.3) is 0 Å². The minimum absolute atomic E-state index is 0.00858. The molecule has 1 heterocycles. The number of halogens is 1. The van der Waals surface area contributed by atoms with Gasteiger partial charge < -0.3 is 15.5 Å². The molecule has 1 fully saturated rings. The molecule has 1 aliphatic heterocycles. The normalized spacial score (nSPS) is 17.0. The molecule has 0 radical (unpaired) electrons. The number of aliphatic imine (C=N–C) groups is 1. The third-order valence-electron chi connectivity index (χ3n) is 4.57. The van der Waals surface area contributed by atoms with E-state index in [4.69, 9.17) is 0 Å². The maximum atomic E-state index is 13.2. The number of amides is 1. The van der Waals surface area contributed by atoms with Crippen LogP contribution in [0.3, 0.4) is 0 Å². The van der Waals surface area contributed by atoms with Crippen LogP contribution in [0.5, 0.6) is 0 Å². The Bertz CT molecular complexity index is 794. The zero-order chi connectivity index (χ0) is 19.1. The topological polar surface area (TPSA) is 56.7 Å². The smallest absolute Gasteiger partial charge is 0.246 e. The van der Waals surface area contributed by atoms with Gasteiger partial charge in [0.15, 0.2) is 5.96 Å². The Balaban J connectivity index is 1.60. The molecule has 1 atom stereocenters. The molecule has 2 aromatic carbocycles. The van der Waals surface area contributed by atoms with E-state index in [1.807, 2.05) is 13.0 Å². The van der Waals surface area contributed by atoms with Crippen LogP contribution < -0.4 is 10.6 Å². The minimum atomic E-state index is -0.381. The van der Waals surface area contributed by atoms with E-state index in [0.717, 1.165) is 32.0 Å². The molecule has 142 valence electrons. The number of anilines is 1. The summed E-state index contributed by atoms with van der Waals surface area (Å²) in [5, 5.41) is 5.93. The van der Waals surface area contributed by atoms with E-state index < -0.39 is 0 Å². The summed E-state index contributed by atoms with van der Waals surface area (Å²) in [5.74, 6) is 0.560. The molecule has 0 aliphatic carbocycles. The highest BCUT2D eigenvalue weighted by Gasteiger charge is 2.26. The van der Waals surface area contributed by atoms with Crippen molar-refractivity contribution in [3.8, 4) is 0 Å². The molecule has 6 heteroatoms. The summed E-state index contributed by atoms with van der Waals surface area (Å²) in [6.07, 6.45) is 1.06. The molecule has 1 saturated heterocycles. The summed E-state index contributed by atoms with van der Waals surface area (Å²) < 4.78 is 13.2. The van der Waals surface area contributed by atoms with Gasteiger partial charge in [0.25, 0.3) is 0 Å². The van der Waals surface area contributed by atoms with E-state index in [1.165, 1.54) is 17.7 Å². The van der Waals surface area contributed by atoms with Gasteiger partial charge in [-0.3, -0.25) is 4.79 Å². The van der Waals surface area contributed by atoms with Gasteiger partial charge in [-0.1, -0.05) is 36.4 Å². The average molecular weight is 368 g/mol. The SMILES string of the molecule is CCNC(=NCC(=O)Nc1cccc(F)c1)N1CCC(c2ccccc2)C1. The van der Waals surface area contributed by atoms with Crippen molar-refractivity contribution in [3.05, 3.63) is 66.0 Å². The fraction of sp³-hybridized carbons (Fsp3) is 0.333. The number of likely N-dealkylation sites (tertiary alicyclic amines) is 1. The van der Waals surface area contributed by atoms with Crippen molar-refractivity contribution >= 4 is 17.6 Å². The molecular formula is C21H25FN4O. The zero-order valence-electron chi connectivity index (χ0n) is 15.5. The first kappa shape index (κ1) is 18.9. The van der Waals surface area contributed by atoms with Crippen molar-refractivity contribution in [2.24, 2.45) is 4.99 Å². The molecule has 0 bridgehead atoms. The van der Waals surface area contributed by atoms with E-state index >= 15 is 0 Å². The van der Waals surface area contributed by atoms with Gasteiger partial charge >= 0.3 is 0 Å². The quantitative estimate of drug-likeness (QED) is 0.629. The average Bonchev–Trinajstić information content (AvgIpc) is 3.16. The van der Waals surface area contributed by atoms with Crippen LogP contribution in [0.2, 0.25) is 0 Å². The van der Waals surface area contributed by atoms with Crippen molar-refractivity contribution in [1.82, 2.24) is 10.2 Å². The lowest BCUT2D eigenvalue weighted by molar-refractivity contribution is -0.114. The maximum absolute atomic E-state index is 13.2. The van der Waals surface area contributed by atoms with Crippen LogP contribution in [-0.2, 0) is 4.79 Å². The van der Waals surface area contributed by atoms with Crippen LogP contribution >= 0.6 is 0 Å². The lowest BCUT2D eigenvalue weighted by Gasteiger charge is -2.21. The number of carbonyl (C=O) groups is 1. The molecule has 1 amide bonds. The molecular weight excluding hydrogens is 343 g/mol. The minimum Gasteiger partial charge on any atom is -0.357 e. The first-order chi connectivity index (χ1) is 13.2. The van der Waals surface area contributed by atoms with Gasteiger partial charge in [0.1, 0.15) is 12.4 Å². The number of rotatable bonds is 5. The molecule has 2 aromatic rings. The fourth-order valence-corrected chi connectivity index (χ4v) is 3.29. The van der Waals surface area contributed by atoms with Crippen molar-refractivity contribution in [2.75, 3.05) is 31.5 Å². The Kier molecular flexibility index (Phi) is 6.41. The number of hydrogen-bond acceptors (Lipinski definition) is 2. The highest BCUT2D eigenvalue weighted by Crippen LogP contribution is 2.26. The third-order valence-corrected chi connectivity index (χ3v) is 4.57. The monoisotopic (exact) mass is 368 g/mol. The molecule has 2 N–H and O–H groups in total. The molecule has 5 nitrogen and oxygen atoms in total. The summed E-state index contributed by atoms with van der Waals surface area (Å²) in [7, 11) is 0. The lowest BCUT2D eigenvalue weighted by Crippen LogP contribution is -2.40. The van der Waals surface area contributed by atoms with Crippen molar-refractivity contribution in [1.29, 1.82) is 0 Å². The van der Waals surface area contributed by atoms with E-state index in [-0.39, 0.29) is 18.3 Å². The molecule has 27 heavy (non-hydrogen) atoms. The first-order valence-corrected chi connectivity index (χ1v) is 9.29.